The number of hydrogen-bond donors (Lipinski definition) is 1. The summed E-state index contributed by atoms with van der Waals surface area (Å²) in [5.74, 6) is 0.112. The van der Waals surface area contributed by atoms with Crippen LogP contribution in [0, 0.1) is 0 Å². The van der Waals surface area contributed by atoms with Crippen molar-refractivity contribution in [3.05, 3.63) is 59.2 Å². The standard InChI is InChI=1S/C21H23N5O3/c1-3-26-17-9-12-25(13-16(17)18(24-26)21(28)29-4-2)20(27)15-8-6-5-7-14(15)19-22-10-11-23-19/h5-8,10-11H,3-4,9,12-13H2,1-2H3,(H,22,23). The maximum Gasteiger partial charge on any atom is 0.359 e. The van der Waals surface area contributed by atoms with Gasteiger partial charge in [-0.15, -0.1) is 0 Å². The van der Waals surface area contributed by atoms with Crippen LogP contribution in [0.1, 0.15) is 46.0 Å². The van der Waals surface area contributed by atoms with Crippen LogP contribution in [0.5, 0.6) is 0 Å². The minimum Gasteiger partial charge on any atom is -0.461 e. The van der Waals surface area contributed by atoms with Crippen LogP contribution in [0.2, 0.25) is 0 Å². The van der Waals surface area contributed by atoms with E-state index in [0.717, 1.165) is 16.8 Å². The van der Waals surface area contributed by atoms with Crippen LogP contribution >= 0.6 is 0 Å². The van der Waals surface area contributed by atoms with Crippen molar-refractivity contribution in [1.82, 2.24) is 24.6 Å². The molecule has 3 aromatic rings. The van der Waals surface area contributed by atoms with Gasteiger partial charge in [-0.2, -0.15) is 5.10 Å². The predicted octanol–water partition coefficient (Wildman–Crippen LogP) is 2.67. The molecule has 1 amide bonds. The number of ether oxygens (including phenoxy) is 1. The molecule has 4 rings (SSSR count). The molecule has 150 valence electrons. The Morgan fingerprint density at radius 2 is 2.07 bits per heavy atom. The van der Waals surface area contributed by atoms with Gasteiger partial charge in [-0.05, 0) is 19.9 Å². The fraction of sp³-hybridized carbons (Fsp3) is 0.333. The molecule has 8 heteroatoms. The molecule has 0 saturated heterocycles. The summed E-state index contributed by atoms with van der Waals surface area (Å²) in [5, 5.41) is 4.44. The lowest BCUT2D eigenvalue weighted by Crippen LogP contribution is -2.37. The van der Waals surface area contributed by atoms with Crippen LogP contribution in [0.4, 0.5) is 0 Å². The second-order valence-corrected chi connectivity index (χ2v) is 6.77. The van der Waals surface area contributed by atoms with Gasteiger partial charge in [-0.1, -0.05) is 18.2 Å². The van der Waals surface area contributed by atoms with E-state index in [1.165, 1.54) is 0 Å². The third kappa shape index (κ3) is 3.41. The van der Waals surface area contributed by atoms with E-state index in [9.17, 15) is 9.59 Å². The second kappa shape index (κ2) is 7.90. The van der Waals surface area contributed by atoms with Crippen LogP contribution in [-0.4, -0.2) is 49.7 Å². The minimum atomic E-state index is -0.443. The summed E-state index contributed by atoms with van der Waals surface area (Å²) in [5.41, 5.74) is 3.41. The van der Waals surface area contributed by atoms with Crippen LogP contribution < -0.4 is 0 Å². The average molecular weight is 393 g/mol. The largest absolute Gasteiger partial charge is 0.461 e. The third-order valence-electron chi connectivity index (χ3n) is 5.10. The van der Waals surface area contributed by atoms with Gasteiger partial charge < -0.3 is 14.6 Å². The van der Waals surface area contributed by atoms with Crippen LogP contribution in [0.15, 0.2) is 36.7 Å². The van der Waals surface area contributed by atoms with Gasteiger partial charge in [0, 0.05) is 48.7 Å². The number of benzene rings is 1. The molecule has 29 heavy (non-hydrogen) atoms. The molecule has 0 unspecified atom stereocenters. The highest BCUT2D eigenvalue weighted by molar-refractivity contribution is 6.00. The van der Waals surface area contributed by atoms with E-state index in [2.05, 4.69) is 15.1 Å². The highest BCUT2D eigenvalue weighted by atomic mass is 16.5. The van der Waals surface area contributed by atoms with Crippen LogP contribution in [-0.2, 0) is 24.2 Å². The minimum absolute atomic E-state index is 0.0956. The highest BCUT2D eigenvalue weighted by Gasteiger charge is 2.31. The van der Waals surface area contributed by atoms with E-state index in [0.29, 0.717) is 43.1 Å². The Morgan fingerprint density at radius 1 is 1.24 bits per heavy atom. The molecule has 0 aliphatic carbocycles. The quantitative estimate of drug-likeness (QED) is 0.673. The van der Waals surface area contributed by atoms with E-state index in [-0.39, 0.29) is 12.5 Å². The van der Waals surface area contributed by atoms with Crippen molar-refractivity contribution in [2.24, 2.45) is 0 Å². The zero-order valence-electron chi connectivity index (χ0n) is 16.5. The Bertz CT molecular complexity index is 1040. The molecular formula is C21H23N5O3. The number of nitrogens with one attached hydrogen (secondary N) is 1. The van der Waals surface area contributed by atoms with Crippen LogP contribution in [0.25, 0.3) is 11.4 Å². The number of amides is 1. The van der Waals surface area contributed by atoms with Crippen molar-refractivity contribution in [1.29, 1.82) is 0 Å². The number of carbonyl (C=O) groups is 2. The molecular weight excluding hydrogens is 370 g/mol. The summed E-state index contributed by atoms with van der Waals surface area (Å²) >= 11 is 0. The van der Waals surface area contributed by atoms with Gasteiger partial charge in [0.1, 0.15) is 5.82 Å². The Kier molecular flexibility index (Phi) is 5.16. The number of esters is 1. The number of rotatable bonds is 5. The van der Waals surface area contributed by atoms with Crippen molar-refractivity contribution < 1.29 is 14.3 Å². The molecule has 1 aliphatic heterocycles. The monoisotopic (exact) mass is 393 g/mol. The van der Waals surface area contributed by atoms with Crippen molar-refractivity contribution in [3.63, 3.8) is 0 Å². The molecule has 1 N–H and O–H groups in total. The number of aromatic nitrogens is 4. The summed E-state index contributed by atoms with van der Waals surface area (Å²) in [6.07, 6.45) is 4.03. The van der Waals surface area contributed by atoms with Gasteiger partial charge in [0.05, 0.1) is 18.7 Å². The summed E-state index contributed by atoms with van der Waals surface area (Å²) in [4.78, 5) is 34.8. The van der Waals surface area contributed by atoms with E-state index >= 15 is 0 Å². The zero-order chi connectivity index (χ0) is 20.4. The molecule has 0 radical (unpaired) electrons. The Balaban J connectivity index is 1.67. The SMILES string of the molecule is CCOC(=O)c1nn(CC)c2c1CN(C(=O)c1ccccc1-c1ncc[nH]1)CC2. The molecule has 8 nitrogen and oxygen atoms in total. The van der Waals surface area contributed by atoms with E-state index in [1.54, 1.807) is 30.3 Å². The highest BCUT2D eigenvalue weighted by Crippen LogP contribution is 2.27. The Hall–Kier alpha value is -3.42. The van der Waals surface area contributed by atoms with E-state index in [1.807, 2.05) is 29.8 Å². The first-order valence-electron chi connectivity index (χ1n) is 9.77. The number of aryl methyl sites for hydroxylation is 1. The van der Waals surface area contributed by atoms with Crippen molar-refractivity contribution in [2.75, 3.05) is 13.2 Å². The van der Waals surface area contributed by atoms with Crippen molar-refractivity contribution in [2.45, 2.75) is 33.4 Å². The number of aromatic amines is 1. The van der Waals surface area contributed by atoms with Gasteiger partial charge in [-0.25, -0.2) is 9.78 Å². The summed E-state index contributed by atoms with van der Waals surface area (Å²) in [6, 6.07) is 7.40. The fourth-order valence-corrected chi connectivity index (χ4v) is 3.75. The van der Waals surface area contributed by atoms with Crippen molar-refractivity contribution in [3.8, 4) is 11.4 Å². The lowest BCUT2D eigenvalue weighted by Gasteiger charge is -2.28. The van der Waals surface area contributed by atoms with E-state index in [4.69, 9.17) is 4.74 Å². The molecule has 0 bridgehead atoms. The predicted molar refractivity (Wildman–Crippen MR) is 106 cm³/mol. The summed E-state index contributed by atoms with van der Waals surface area (Å²) < 4.78 is 7.00. The number of nitrogens with zero attached hydrogens (tertiary/aromatic N) is 4. The third-order valence-corrected chi connectivity index (χ3v) is 5.10. The molecule has 0 saturated carbocycles. The number of carbonyl (C=O) groups excluding carboxylic acids is 2. The molecule has 1 aliphatic rings. The zero-order valence-corrected chi connectivity index (χ0v) is 16.5. The number of H-pyrrole nitrogens is 1. The topological polar surface area (TPSA) is 93.1 Å². The molecule has 0 fully saturated rings. The molecule has 3 heterocycles. The summed E-state index contributed by atoms with van der Waals surface area (Å²) in [7, 11) is 0. The first-order chi connectivity index (χ1) is 14.1. The Labute approximate surface area is 168 Å². The number of fused-ring (bicyclic) bond motifs is 1. The first kappa shape index (κ1) is 18.9. The average Bonchev–Trinajstić information content (AvgIpc) is 3.41. The smallest absolute Gasteiger partial charge is 0.359 e. The maximum absolute atomic E-state index is 13.3. The van der Waals surface area contributed by atoms with Gasteiger partial charge in [-0.3, -0.25) is 9.48 Å². The van der Waals surface area contributed by atoms with Crippen molar-refractivity contribution >= 4 is 11.9 Å². The van der Waals surface area contributed by atoms with Gasteiger partial charge in [0.15, 0.2) is 5.69 Å². The number of imidazole rings is 1. The fourth-order valence-electron chi connectivity index (χ4n) is 3.75. The Morgan fingerprint density at radius 3 is 2.79 bits per heavy atom. The van der Waals surface area contributed by atoms with Gasteiger partial charge in [0.2, 0.25) is 0 Å². The van der Waals surface area contributed by atoms with Gasteiger partial charge >= 0.3 is 5.97 Å². The molecule has 2 aromatic heterocycles. The lowest BCUT2D eigenvalue weighted by atomic mass is 10.0. The lowest BCUT2D eigenvalue weighted by molar-refractivity contribution is 0.0513. The first-order valence-corrected chi connectivity index (χ1v) is 9.77. The molecule has 0 spiro atoms. The maximum atomic E-state index is 13.3. The second-order valence-electron chi connectivity index (χ2n) is 6.77. The molecule has 1 aromatic carbocycles. The van der Waals surface area contributed by atoms with Crippen LogP contribution in [0.3, 0.4) is 0 Å². The van der Waals surface area contributed by atoms with Gasteiger partial charge in [0.25, 0.3) is 5.91 Å². The number of hydrogen-bond acceptors (Lipinski definition) is 5. The molecule has 0 atom stereocenters. The van der Waals surface area contributed by atoms with E-state index < -0.39 is 5.97 Å². The summed E-state index contributed by atoms with van der Waals surface area (Å²) in [6.45, 7) is 5.59. The normalized spacial score (nSPS) is 13.2.